The molecule has 0 saturated carbocycles. The predicted molar refractivity (Wildman–Crippen MR) is 89.9 cm³/mol. The summed E-state index contributed by atoms with van der Waals surface area (Å²) in [6.45, 7) is 2.63. The second-order valence-corrected chi connectivity index (χ2v) is 5.67. The Hall–Kier alpha value is -2.34. The van der Waals surface area contributed by atoms with E-state index in [0.717, 1.165) is 10.0 Å². The van der Waals surface area contributed by atoms with Crippen LogP contribution in [0, 0.1) is 0 Å². The fraction of sp³-hybridized carbons (Fsp3) is 0.176. The maximum atomic E-state index is 12.3. The summed E-state index contributed by atoms with van der Waals surface area (Å²) in [5.41, 5.74) is 1.48. The number of hydrogen-bond acceptors (Lipinski definition) is 3. The van der Waals surface area contributed by atoms with Gasteiger partial charge in [-0.05, 0) is 42.8 Å². The van der Waals surface area contributed by atoms with Gasteiger partial charge in [0.15, 0.2) is 0 Å². The van der Waals surface area contributed by atoms with E-state index in [1.807, 2.05) is 13.0 Å². The minimum Gasteiger partial charge on any atom is -0.493 e. The molecular weight excluding hydrogens is 362 g/mol. The monoisotopic (exact) mass is 377 g/mol. The minimum atomic E-state index is -0.976. The van der Waals surface area contributed by atoms with Crippen LogP contribution >= 0.6 is 15.9 Å². The molecule has 23 heavy (non-hydrogen) atoms. The summed E-state index contributed by atoms with van der Waals surface area (Å²) in [4.78, 5) is 23.1. The molecular formula is C17H16BrNO4. The van der Waals surface area contributed by atoms with Crippen molar-refractivity contribution in [1.82, 2.24) is 5.32 Å². The minimum absolute atomic E-state index is 0.214. The largest absolute Gasteiger partial charge is 0.493 e. The summed E-state index contributed by atoms with van der Waals surface area (Å²) in [6.07, 6.45) is 0. The lowest BCUT2D eigenvalue weighted by molar-refractivity contribution is 0.0696. The van der Waals surface area contributed by atoms with Gasteiger partial charge < -0.3 is 15.2 Å². The molecule has 5 nitrogen and oxygen atoms in total. The van der Waals surface area contributed by atoms with Crippen molar-refractivity contribution in [2.75, 3.05) is 6.61 Å². The molecule has 2 N–H and O–H groups in total. The maximum absolute atomic E-state index is 12.3. The Morgan fingerprint density at radius 3 is 2.48 bits per heavy atom. The first-order valence-electron chi connectivity index (χ1n) is 7.04. The highest BCUT2D eigenvalue weighted by Crippen LogP contribution is 2.23. The van der Waals surface area contributed by atoms with Crippen molar-refractivity contribution in [3.63, 3.8) is 0 Å². The van der Waals surface area contributed by atoms with E-state index in [1.54, 1.807) is 24.3 Å². The lowest BCUT2D eigenvalue weighted by Crippen LogP contribution is -2.23. The smallest absolute Gasteiger partial charge is 0.335 e. The van der Waals surface area contributed by atoms with Crippen LogP contribution in [0.4, 0.5) is 0 Å². The molecule has 2 rings (SSSR count). The Morgan fingerprint density at radius 1 is 1.17 bits per heavy atom. The van der Waals surface area contributed by atoms with Gasteiger partial charge in [0.2, 0.25) is 0 Å². The van der Waals surface area contributed by atoms with E-state index in [1.165, 1.54) is 12.1 Å². The number of aromatic carboxylic acids is 1. The molecule has 0 bridgehead atoms. The van der Waals surface area contributed by atoms with E-state index in [-0.39, 0.29) is 11.5 Å². The van der Waals surface area contributed by atoms with Gasteiger partial charge in [-0.1, -0.05) is 28.1 Å². The van der Waals surface area contributed by atoms with Crippen LogP contribution in [0.3, 0.4) is 0 Å². The van der Waals surface area contributed by atoms with E-state index in [2.05, 4.69) is 21.2 Å². The fourth-order valence-electron chi connectivity index (χ4n) is 2.00. The zero-order valence-electron chi connectivity index (χ0n) is 12.5. The van der Waals surface area contributed by atoms with Crippen molar-refractivity contribution in [3.05, 3.63) is 63.6 Å². The van der Waals surface area contributed by atoms with E-state index in [9.17, 15) is 9.59 Å². The number of carbonyl (C=O) groups is 2. The molecule has 2 aromatic rings. The van der Waals surface area contributed by atoms with Crippen molar-refractivity contribution < 1.29 is 19.4 Å². The summed E-state index contributed by atoms with van der Waals surface area (Å²) in [5.74, 6) is -0.706. The van der Waals surface area contributed by atoms with Crippen molar-refractivity contribution in [2.45, 2.75) is 13.5 Å². The third-order valence-electron chi connectivity index (χ3n) is 3.14. The van der Waals surface area contributed by atoms with Gasteiger partial charge in [0.25, 0.3) is 5.91 Å². The molecule has 0 unspecified atom stereocenters. The lowest BCUT2D eigenvalue weighted by atomic mass is 10.1. The van der Waals surface area contributed by atoms with Gasteiger partial charge in [-0.15, -0.1) is 0 Å². The van der Waals surface area contributed by atoms with E-state index < -0.39 is 5.97 Å². The Kier molecular flexibility index (Phi) is 5.76. The predicted octanol–water partition coefficient (Wildman–Crippen LogP) is 3.48. The molecule has 0 aromatic heterocycles. The van der Waals surface area contributed by atoms with Crippen LogP contribution < -0.4 is 10.1 Å². The molecule has 6 heteroatoms. The summed E-state index contributed by atoms with van der Waals surface area (Å²) >= 11 is 3.34. The third kappa shape index (κ3) is 4.56. The maximum Gasteiger partial charge on any atom is 0.335 e. The Labute approximate surface area is 142 Å². The molecule has 0 atom stereocenters. The molecule has 2 aromatic carbocycles. The third-order valence-corrected chi connectivity index (χ3v) is 3.63. The Bertz CT molecular complexity index is 713. The second-order valence-electron chi connectivity index (χ2n) is 4.76. The molecule has 0 aliphatic carbocycles. The van der Waals surface area contributed by atoms with Gasteiger partial charge >= 0.3 is 5.97 Å². The number of carboxylic acids is 1. The van der Waals surface area contributed by atoms with Gasteiger partial charge in [-0.2, -0.15) is 0 Å². The highest BCUT2D eigenvalue weighted by atomic mass is 79.9. The highest BCUT2D eigenvalue weighted by molar-refractivity contribution is 9.10. The van der Waals surface area contributed by atoms with Crippen LogP contribution in [0.5, 0.6) is 5.75 Å². The van der Waals surface area contributed by atoms with Crippen molar-refractivity contribution >= 4 is 27.8 Å². The average molecular weight is 378 g/mol. The zero-order chi connectivity index (χ0) is 16.8. The molecule has 0 fully saturated rings. The number of hydrogen-bond donors (Lipinski definition) is 2. The number of rotatable bonds is 6. The summed E-state index contributed by atoms with van der Waals surface area (Å²) in [5, 5.41) is 11.7. The first-order valence-corrected chi connectivity index (χ1v) is 7.83. The van der Waals surface area contributed by atoms with Gasteiger partial charge in [0, 0.05) is 11.0 Å². The molecule has 0 heterocycles. The quantitative estimate of drug-likeness (QED) is 0.807. The highest BCUT2D eigenvalue weighted by Gasteiger charge is 2.13. The summed E-state index contributed by atoms with van der Waals surface area (Å²) in [7, 11) is 0. The van der Waals surface area contributed by atoms with Crippen LogP contribution in [-0.2, 0) is 6.54 Å². The van der Waals surface area contributed by atoms with Gasteiger partial charge in [-0.25, -0.2) is 4.79 Å². The molecule has 1 amide bonds. The number of carboxylic acid groups (broad SMARTS) is 1. The number of halogens is 1. The van der Waals surface area contributed by atoms with E-state index in [0.29, 0.717) is 24.5 Å². The molecule has 0 saturated heterocycles. The van der Waals surface area contributed by atoms with Gasteiger partial charge in [0.05, 0.1) is 17.7 Å². The van der Waals surface area contributed by atoms with Gasteiger partial charge in [-0.3, -0.25) is 4.79 Å². The van der Waals surface area contributed by atoms with Crippen molar-refractivity contribution in [3.8, 4) is 5.75 Å². The first kappa shape index (κ1) is 17.0. The number of nitrogens with one attached hydrogen (secondary N) is 1. The van der Waals surface area contributed by atoms with Crippen LogP contribution in [0.2, 0.25) is 0 Å². The normalized spacial score (nSPS) is 10.2. The van der Waals surface area contributed by atoms with Crippen molar-refractivity contribution in [2.24, 2.45) is 0 Å². The first-order chi connectivity index (χ1) is 11.0. The van der Waals surface area contributed by atoms with Crippen LogP contribution in [-0.4, -0.2) is 23.6 Å². The number of carbonyl (C=O) groups excluding carboxylic acids is 1. The Morgan fingerprint density at radius 2 is 1.87 bits per heavy atom. The molecule has 0 radical (unpaired) electrons. The van der Waals surface area contributed by atoms with E-state index >= 15 is 0 Å². The van der Waals surface area contributed by atoms with Crippen LogP contribution in [0.25, 0.3) is 0 Å². The van der Waals surface area contributed by atoms with Gasteiger partial charge in [0.1, 0.15) is 5.75 Å². The Balaban J connectivity index is 2.07. The van der Waals surface area contributed by atoms with Crippen LogP contribution in [0.1, 0.15) is 33.2 Å². The fourth-order valence-corrected chi connectivity index (χ4v) is 2.36. The number of ether oxygens (including phenoxy) is 1. The summed E-state index contributed by atoms with van der Waals surface area (Å²) < 4.78 is 6.25. The average Bonchev–Trinajstić information content (AvgIpc) is 2.54. The standard InChI is InChI=1S/C17H16BrNO4/c1-2-23-15-8-7-13(18)9-14(15)16(20)19-10-11-3-5-12(6-4-11)17(21)22/h3-9H,2,10H2,1H3,(H,19,20)(H,21,22). The lowest BCUT2D eigenvalue weighted by Gasteiger charge is -2.11. The van der Waals surface area contributed by atoms with E-state index in [4.69, 9.17) is 9.84 Å². The topological polar surface area (TPSA) is 75.6 Å². The number of benzene rings is 2. The molecule has 0 aliphatic heterocycles. The number of amides is 1. The molecule has 0 aliphatic rings. The molecule has 0 spiro atoms. The van der Waals surface area contributed by atoms with Crippen LogP contribution in [0.15, 0.2) is 46.9 Å². The second kappa shape index (κ2) is 7.78. The molecule has 120 valence electrons. The van der Waals surface area contributed by atoms with Crippen molar-refractivity contribution in [1.29, 1.82) is 0 Å². The summed E-state index contributed by atoms with van der Waals surface area (Å²) in [6, 6.07) is 11.6. The zero-order valence-corrected chi connectivity index (χ0v) is 14.1. The SMILES string of the molecule is CCOc1ccc(Br)cc1C(=O)NCc1ccc(C(=O)O)cc1.